The van der Waals surface area contributed by atoms with Crippen LogP contribution in [0.1, 0.15) is 37.6 Å². The third-order valence-electron chi connectivity index (χ3n) is 5.25. The van der Waals surface area contributed by atoms with E-state index < -0.39 is 43.1 Å². The van der Waals surface area contributed by atoms with Crippen LogP contribution in [0.3, 0.4) is 0 Å². The van der Waals surface area contributed by atoms with Gasteiger partial charge >= 0.3 is 0 Å². The van der Waals surface area contributed by atoms with E-state index >= 15 is 0 Å². The van der Waals surface area contributed by atoms with Crippen molar-refractivity contribution in [2.45, 2.75) is 33.2 Å². The Morgan fingerprint density at radius 3 is 2.41 bits per heavy atom. The van der Waals surface area contributed by atoms with Crippen molar-refractivity contribution in [3.63, 3.8) is 0 Å². The number of carbonyl (C=O) groups excluding carboxylic acids is 2. The molecule has 0 N–H and O–H groups in total. The predicted molar refractivity (Wildman–Crippen MR) is 110 cm³/mol. The maximum Gasteiger partial charge on any atom is 0.255 e. The smallest absolute Gasteiger partial charge is 0.255 e. The van der Waals surface area contributed by atoms with Gasteiger partial charge in [0.25, 0.3) is 5.91 Å². The average Bonchev–Trinajstić information content (AvgIpc) is 3.02. The summed E-state index contributed by atoms with van der Waals surface area (Å²) in [7, 11) is -7.07. The van der Waals surface area contributed by atoms with Gasteiger partial charge in [-0.2, -0.15) is 0 Å². The lowest BCUT2D eigenvalue weighted by Gasteiger charge is -2.28. The molecule has 2 aliphatic rings. The first-order valence-corrected chi connectivity index (χ1v) is 13.0. The summed E-state index contributed by atoms with van der Waals surface area (Å²) in [6.45, 7) is 5.10. The SMILES string of the molecule is CCN(C(=O)c1cc(N2C(=O)C(C)(C)CS2(=O)=O)ccc1Cl)C1CCS(=O)(=O)C1. The molecule has 0 bridgehead atoms. The van der Waals surface area contributed by atoms with Gasteiger partial charge in [-0.15, -0.1) is 0 Å². The number of hydrogen-bond donors (Lipinski definition) is 0. The average molecular weight is 463 g/mol. The van der Waals surface area contributed by atoms with Crippen LogP contribution in [-0.2, 0) is 24.7 Å². The highest BCUT2D eigenvalue weighted by Crippen LogP contribution is 2.37. The highest BCUT2D eigenvalue weighted by Gasteiger charge is 2.50. The van der Waals surface area contributed by atoms with Gasteiger partial charge in [-0.1, -0.05) is 11.6 Å². The lowest BCUT2D eigenvalue weighted by atomic mass is 9.95. The molecule has 29 heavy (non-hydrogen) atoms. The summed E-state index contributed by atoms with van der Waals surface area (Å²) < 4.78 is 49.4. The van der Waals surface area contributed by atoms with E-state index in [2.05, 4.69) is 0 Å². The topological polar surface area (TPSA) is 109 Å². The lowest BCUT2D eigenvalue weighted by molar-refractivity contribution is -0.123. The van der Waals surface area contributed by atoms with Gasteiger partial charge in [-0.05, 0) is 45.4 Å². The standard InChI is InChI=1S/C18H23ClN2O6S2/c1-4-20(13-7-8-28(24,25)10-13)16(22)14-9-12(5-6-15(14)19)21-17(23)18(2,3)11-29(21,26)27/h5-6,9,13H,4,7-8,10-11H2,1-3H3. The third-order valence-corrected chi connectivity index (χ3v) is 9.35. The van der Waals surface area contributed by atoms with Crippen LogP contribution in [0.4, 0.5) is 5.69 Å². The van der Waals surface area contributed by atoms with Crippen LogP contribution < -0.4 is 4.31 Å². The molecule has 0 spiro atoms. The van der Waals surface area contributed by atoms with Gasteiger partial charge in [0.1, 0.15) is 0 Å². The van der Waals surface area contributed by atoms with Gasteiger partial charge in [0, 0.05) is 12.6 Å². The van der Waals surface area contributed by atoms with Crippen molar-refractivity contribution in [3.8, 4) is 0 Å². The second-order valence-corrected chi connectivity index (χ2v) is 12.5. The Balaban J connectivity index is 1.99. The number of sulfone groups is 1. The zero-order chi connectivity index (χ0) is 21.8. The molecule has 2 saturated heterocycles. The van der Waals surface area contributed by atoms with Crippen LogP contribution >= 0.6 is 11.6 Å². The second kappa shape index (κ2) is 7.24. The molecule has 0 radical (unpaired) electrons. The van der Waals surface area contributed by atoms with Crippen molar-refractivity contribution in [2.24, 2.45) is 5.41 Å². The third kappa shape index (κ3) is 4.02. The quantitative estimate of drug-likeness (QED) is 0.673. The Morgan fingerprint density at radius 1 is 1.28 bits per heavy atom. The summed E-state index contributed by atoms with van der Waals surface area (Å²) in [6.07, 6.45) is 0.340. The number of rotatable bonds is 4. The van der Waals surface area contributed by atoms with Crippen molar-refractivity contribution in [1.82, 2.24) is 4.90 Å². The van der Waals surface area contributed by atoms with E-state index in [0.29, 0.717) is 6.42 Å². The summed E-state index contributed by atoms with van der Waals surface area (Å²) >= 11 is 6.21. The van der Waals surface area contributed by atoms with Crippen LogP contribution in [-0.4, -0.2) is 63.4 Å². The molecule has 2 fully saturated rings. The van der Waals surface area contributed by atoms with Gasteiger partial charge in [-0.3, -0.25) is 9.59 Å². The molecule has 1 unspecified atom stereocenters. The Labute approximate surface area is 175 Å². The zero-order valence-electron chi connectivity index (χ0n) is 16.4. The Morgan fingerprint density at radius 2 is 1.93 bits per heavy atom. The number of carbonyl (C=O) groups is 2. The molecule has 0 aliphatic carbocycles. The molecule has 1 atom stereocenters. The molecular weight excluding hydrogens is 440 g/mol. The first kappa shape index (κ1) is 22.0. The number of amides is 2. The molecule has 2 heterocycles. The fourth-order valence-electron chi connectivity index (χ4n) is 3.81. The predicted octanol–water partition coefficient (Wildman–Crippen LogP) is 1.69. The number of benzene rings is 1. The second-order valence-electron chi connectivity index (χ2n) is 8.02. The van der Waals surface area contributed by atoms with Gasteiger partial charge in [0.15, 0.2) is 9.84 Å². The summed E-state index contributed by atoms with van der Waals surface area (Å²) in [6, 6.07) is 3.57. The number of nitrogens with zero attached hydrogens (tertiary/aromatic N) is 2. The summed E-state index contributed by atoms with van der Waals surface area (Å²) in [5.41, 5.74) is -0.998. The van der Waals surface area contributed by atoms with E-state index in [1.807, 2.05) is 0 Å². The fraction of sp³-hybridized carbons (Fsp3) is 0.556. The minimum absolute atomic E-state index is 0.0187. The Kier molecular flexibility index (Phi) is 5.51. The molecule has 8 nitrogen and oxygen atoms in total. The molecule has 160 valence electrons. The van der Waals surface area contributed by atoms with Crippen LogP contribution in [0.5, 0.6) is 0 Å². The van der Waals surface area contributed by atoms with Crippen LogP contribution in [0.25, 0.3) is 0 Å². The molecule has 0 saturated carbocycles. The van der Waals surface area contributed by atoms with Crippen LogP contribution in [0.15, 0.2) is 18.2 Å². The lowest BCUT2D eigenvalue weighted by Crippen LogP contribution is -2.41. The van der Waals surface area contributed by atoms with Gasteiger partial charge in [-0.25, -0.2) is 21.1 Å². The van der Waals surface area contributed by atoms with Crippen molar-refractivity contribution >= 4 is 49.0 Å². The van der Waals surface area contributed by atoms with E-state index in [4.69, 9.17) is 11.6 Å². The maximum absolute atomic E-state index is 13.1. The number of sulfonamides is 1. The molecular formula is C18H23ClN2O6S2. The van der Waals surface area contributed by atoms with E-state index in [1.54, 1.807) is 20.8 Å². The minimum atomic E-state index is -3.87. The zero-order valence-corrected chi connectivity index (χ0v) is 18.8. The molecule has 0 aromatic heterocycles. The Hall–Kier alpha value is -1.65. The van der Waals surface area contributed by atoms with E-state index in [-0.39, 0.29) is 40.1 Å². The monoisotopic (exact) mass is 462 g/mol. The van der Waals surface area contributed by atoms with Crippen LogP contribution in [0.2, 0.25) is 5.02 Å². The van der Waals surface area contributed by atoms with Gasteiger partial charge < -0.3 is 4.90 Å². The minimum Gasteiger partial charge on any atom is -0.335 e. The molecule has 2 aliphatic heterocycles. The largest absolute Gasteiger partial charge is 0.335 e. The molecule has 3 rings (SSSR count). The first-order chi connectivity index (χ1) is 13.3. The van der Waals surface area contributed by atoms with E-state index in [0.717, 1.165) is 4.31 Å². The molecule has 1 aromatic rings. The normalized spacial score (nSPS) is 24.6. The van der Waals surface area contributed by atoms with Crippen molar-refractivity contribution in [2.75, 3.05) is 28.1 Å². The number of anilines is 1. The number of hydrogen-bond acceptors (Lipinski definition) is 6. The van der Waals surface area contributed by atoms with Crippen LogP contribution in [0, 0.1) is 5.41 Å². The maximum atomic E-state index is 13.1. The summed E-state index contributed by atoms with van der Waals surface area (Å²) in [4.78, 5) is 27.2. The Bertz CT molecular complexity index is 1080. The molecule has 2 amide bonds. The fourth-order valence-corrected chi connectivity index (χ4v) is 7.84. The van der Waals surface area contributed by atoms with Crippen molar-refractivity contribution in [1.29, 1.82) is 0 Å². The van der Waals surface area contributed by atoms with E-state index in [1.165, 1.54) is 23.1 Å². The highest BCUT2D eigenvalue weighted by atomic mass is 35.5. The summed E-state index contributed by atoms with van der Waals surface area (Å²) in [5.74, 6) is -1.49. The molecule has 11 heteroatoms. The van der Waals surface area contributed by atoms with Crippen molar-refractivity contribution < 1.29 is 26.4 Å². The summed E-state index contributed by atoms with van der Waals surface area (Å²) in [5, 5.41) is 0.0985. The highest BCUT2D eigenvalue weighted by molar-refractivity contribution is 7.94. The number of halogens is 1. The molecule has 1 aromatic carbocycles. The van der Waals surface area contributed by atoms with Crippen molar-refractivity contribution in [3.05, 3.63) is 28.8 Å². The van der Waals surface area contributed by atoms with E-state index in [9.17, 15) is 26.4 Å². The first-order valence-electron chi connectivity index (χ1n) is 9.17. The van der Waals surface area contributed by atoms with Gasteiger partial charge in [0.05, 0.1) is 38.9 Å². The van der Waals surface area contributed by atoms with Gasteiger partial charge in [0.2, 0.25) is 15.9 Å².